The van der Waals surface area contributed by atoms with Crippen LogP contribution in [0.3, 0.4) is 0 Å². The number of hydrogen-bond donors (Lipinski definition) is 1. The lowest BCUT2D eigenvalue weighted by Gasteiger charge is -2.06. The number of likely N-dealkylation sites (N-methyl/N-ethyl adjacent to an activating group) is 1. The summed E-state index contributed by atoms with van der Waals surface area (Å²) in [6.45, 7) is 7.61. The summed E-state index contributed by atoms with van der Waals surface area (Å²) in [5.41, 5.74) is 3.81. The molecule has 2 nitrogen and oxygen atoms in total. The van der Waals surface area contributed by atoms with Crippen molar-refractivity contribution >= 4 is 17.1 Å². The topological polar surface area (TPSA) is 24.9 Å². The summed E-state index contributed by atoms with van der Waals surface area (Å²) < 4.78 is 4.48. The van der Waals surface area contributed by atoms with E-state index in [2.05, 4.69) is 41.9 Å². The molecule has 0 spiro atoms. The molecule has 0 aliphatic carbocycles. The number of hydrogen-bond acceptors (Lipinski definition) is 3. The van der Waals surface area contributed by atoms with Gasteiger partial charge in [0.05, 0.1) is 5.69 Å². The van der Waals surface area contributed by atoms with Gasteiger partial charge in [-0.25, -0.2) is 0 Å². The molecule has 0 amide bonds. The zero-order chi connectivity index (χ0) is 12.7. The molecule has 0 saturated heterocycles. The Morgan fingerprint density at radius 3 is 2.82 bits per heavy atom. The van der Waals surface area contributed by atoms with Crippen LogP contribution in [-0.2, 0) is 0 Å². The van der Waals surface area contributed by atoms with Crippen molar-refractivity contribution in [2.24, 2.45) is 5.92 Å². The van der Waals surface area contributed by atoms with Gasteiger partial charge in [-0.2, -0.15) is 4.37 Å². The number of aromatic nitrogens is 1. The van der Waals surface area contributed by atoms with Gasteiger partial charge >= 0.3 is 0 Å². The Morgan fingerprint density at radius 1 is 1.53 bits per heavy atom. The molecular weight excluding hydrogens is 228 g/mol. The van der Waals surface area contributed by atoms with Crippen molar-refractivity contribution in [1.82, 2.24) is 9.69 Å². The normalized spacial score (nSPS) is 12.4. The largest absolute Gasteiger partial charge is 0.316 e. The molecule has 0 aliphatic rings. The van der Waals surface area contributed by atoms with Crippen LogP contribution < -0.4 is 5.32 Å². The average Bonchev–Trinajstić information content (AvgIpc) is 2.69. The molecule has 0 saturated carbocycles. The van der Waals surface area contributed by atoms with E-state index in [-0.39, 0.29) is 0 Å². The Morgan fingerprint density at radius 2 is 2.29 bits per heavy atom. The van der Waals surface area contributed by atoms with Gasteiger partial charge in [-0.1, -0.05) is 26.3 Å². The Balaban J connectivity index is 2.59. The summed E-state index contributed by atoms with van der Waals surface area (Å²) in [4.78, 5) is 0. The quantitative estimate of drug-likeness (QED) is 0.745. The van der Waals surface area contributed by atoms with E-state index in [0.717, 1.165) is 18.9 Å². The second kappa shape index (κ2) is 7.62. The van der Waals surface area contributed by atoms with Gasteiger partial charge < -0.3 is 5.32 Å². The Labute approximate surface area is 109 Å². The van der Waals surface area contributed by atoms with Crippen LogP contribution >= 0.6 is 11.5 Å². The number of allylic oxidation sites excluding steroid dienone is 1. The lowest BCUT2D eigenvalue weighted by Crippen LogP contribution is -2.10. The highest BCUT2D eigenvalue weighted by Crippen LogP contribution is 2.20. The third-order valence-corrected chi connectivity index (χ3v) is 3.54. The molecule has 0 unspecified atom stereocenters. The first-order valence-corrected chi connectivity index (χ1v) is 7.23. The van der Waals surface area contributed by atoms with Gasteiger partial charge in [0.1, 0.15) is 0 Å². The third-order valence-electron chi connectivity index (χ3n) is 2.79. The van der Waals surface area contributed by atoms with E-state index in [0.29, 0.717) is 0 Å². The Hall–Kier alpha value is -0.670. The second-order valence-corrected chi connectivity index (χ2v) is 5.56. The fourth-order valence-electron chi connectivity index (χ4n) is 1.84. The minimum absolute atomic E-state index is 0.803. The van der Waals surface area contributed by atoms with E-state index in [9.17, 15) is 0 Å². The first-order valence-electron chi connectivity index (χ1n) is 6.40. The number of nitrogens with one attached hydrogen (secondary N) is 1. The molecule has 1 heterocycles. The van der Waals surface area contributed by atoms with E-state index in [1.165, 1.54) is 29.7 Å². The number of aryl methyl sites for hydroxylation is 1. The number of rotatable bonds is 7. The van der Waals surface area contributed by atoms with E-state index in [4.69, 9.17) is 0 Å². The average molecular weight is 252 g/mol. The molecule has 0 aromatic carbocycles. The van der Waals surface area contributed by atoms with Gasteiger partial charge in [0.2, 0.25) is 0 Å². The summed E-state index contributed by atoms with van der Waals surface area (Å²) in [5, 5.41) is 5.35. The maximum Gasteiger partial charge on any atom is 0.0839 e. The van der Waals surface area contributed by atoms with E-state index in [1.807, 2.05) is 7.05 Å². The fraction of sp³-hybridized carbons (Fsp3) is 0.643. The second-order valence-electron chi connectivity index (χ2n) is 4.93. The Kier molecular flexibility index (Phi) is 6.45. The predicted molar refractivity (Wildman–Crippen MR) is 77.4 cm³/mol. The standard InChI is InChI=1S/C14H24N2S/c1-11(2)7-5-6-8-13(9-15-4)14-12(3)10-17-16-14/h8,10-11,15H,5-7,9H2,1-4H3/b13-8+. The number of nitrogens with zero attached hydrogens (tertiary/aromatic N) is 1. The van der Waals surface area contributed by atoms with Crippen molar-refractivity contribution in [3.05, 3.63) is 22.7 Å². The van der Waals surface area contributed by atoms with Crippen molar-refractivity contribution < 1.29 is 0 Å². The van der Waals surface area contributed by atoms with E-state index >= 15 is 0 Å². The molecule has 0 aliphatic heterocycles. The summed E-state index contributed by atoms with van der Waals surface area (Å²) in [5.74, 6) is 0.803. The van der Waals surface area contributed by atoms with E-state index < -0.39 is 0 Å². The third kappa shape index (κ3) is 5.00. The van der Waals surface area contributed by atoms with Gasteiger partial charge in [-0.15, -0.1) is 0 Å². The van der Waals surface area contributed by atoms with Gasteiger partial charge in [-0.05, 0) is 55.4 Å². The molecule has 1 aromatic heterocycles. The van der Waals surface area contributed by atoms with Crippen LogP contribution in [0, 0.1) is 12.8 Å². The minimum atomic E-state index is 0.803. The van der Waals surface area contributed by atoms with Crippen molar-refractivity contribution in [1.29, 1.82) is 0 Å². The zero-order valence-corrected chi connectivity index (χ0v) is 12.2. The van der Waals surface area contributed by atoms with Crippen LogP contribution in [0.1, 0.15) is 44.4 Å². The molecular formula is C14H24N2S. The van der Waals surface area contributed by atoms with Crippen LogP contribution in [0.15, 0.2) is 11.5 Å². The molecule has 0 bridgehead atoms. The maximum atomic E-state index is 4.48. The van der Waals surface area contributed by atoms with Gasteiger partial charge in [-0.3, -0.25) is 0 Å². The molecule has 0 radical (unpaired) electrons. The van der Waals surface area contributed by atoms with Crippen LogP contribution in [0.4, 0.5) is 0 Å². The highest BCUT2D eigenvalue weighted by Gasteiger charge is 2.06. The Bertz CT molecular complexity index is 353. The van der Waals surface area contributed by atoms with Gasteiger partial charge in [0, 0.05) is 11.9 Å². The molecule has 1 aromatic rings. The van der Waals surface area contributed by atoms with Crippen molar-refractivity contribution in [3.8, 4) is 0 Å². The molecule has 3 heteroatoms. The lowest BCUT2D eigenvalue weighted by molar-refractivity contribution is 0.560. The highest BCUT2D eigenvalue weighted by atomic mass is 32.1. The summed E-state index contributed by atoms with van der Waals surface area (Å²) in [6.07, 6.45) is 6.08. The molecule has 0 fully saturated rings. The molecule has 96 valence electrons. The lowest BCUT2D eigenvalue weighted by atomic mass is 10.0. The zero-order valence-electron chi connectivity index (χ0n) is 11.4. The summed E-state index contributed by atoms with van der Waals surface area (Å²) in [6, 6.07) is 0. The molecule has 17 heavy (non-hydrogen) atoms. The molecule has 0 atom stereocenters. The van der Waals surface area contributed by atoms with Gasteiger partial charge in [0.25, 0.3) is 0 Å². The maximum absolute atomic E-state index is 4.48. The SMILES string of the molecule is CNC/C(=C\CCCC(C)C)c1nscc1C. The summed E-state index contributed by atoms with van der Waals surface area (Å²) >= 11 is 1.55. The monoisotopic (exact) mass is 252 g/mol. The van der Waals surface area contributed by atoms with Crippen molar-refractivity contribution in [2.75, 3.05) is 13.6 Å². The first-order chi connectivity index (χ1) is 8.15. The minimum Gasteiger partial charge on any atom is -0.316 e. The molecule has 1 N–H and O–H groups in total. The highest BCUT2D eigenvalue weighted by molar-refractivity contribution is 7.03. The smallest absolute Gasteiger partial charge is 0.0839 e. The van der Waals surface area contributed by atoms with Gasteiger partial charge in [0.15, 0.2) is 0 Å². The van der Waals surface area contributed by atoms with Crippen molar-refractivity contribution in [3.63, 3.8) is 0 Å². The summed E-state index contributed by atoms with van der Waals surface area (Å²) in [7, 11) is 1.99. The molecule has 1 rings (SSSR count). The predicted octanol–water partition coefficient (Wildman–Crippen LogP) is 3.88. The number of unbranched alkanes of at least 4 members (excludes halogenated alkanes) is 1. The van der Waals surface area contributed by atoms with Crippen LogP contribution in [0.5, 0.6) is 0 Å². The van der Waals surface area contributed by atoms with Crippen LogP contribution in [-0.4, -0.2) is 18.0 Å². The first kappa shape index (κ1) is 14.4. The van der Waals surface area contributed by atoms with E-state index in [1.54, 1.807) is 11.5 Å². The van der Waals surface area contributed by atoms with Crippen molar-refractivity contribution in [2.45, 2.75) is 40.0 Å². The fourth-order valence-corrected chi connectivity index (χ4v) is 2.53. The van der Waals surface area contributed by atoms with Crippen LogP contribution in [0.2, 0.25) is 0 Å². The van der Waals surface area contributed by atoms with Crippen LogP contribution in [0.25, 0.3) is 5.57 Å².